The van der Waals surface area contributed by atoms with Crippen molar-refractivity contribution in [1.29, 1.82) is 0 Å². The van der Waals surface area contributed by atoms with Crippen LogP contribution in [0.25, 0.3) is 0 Å². The van der Waals surface area contributed by atoms with E-state index in [1.54, 1.807) is 12.1 Å². The second kappa shape index (κ2) is 9.06. The molecule has 1 heterocycles. The number of hydrogen-bond acceptors (Lipinski definition) is 8. The molecule has 1 aliphatic heterocycles. The molecule has 2 aromatic carbocycles. The fraction of sp³-hybridized carbons (Fsp3) is 0.200. The van der Waals surface area contributed by atoms with E-state index in [-0.39, 0.29) is 29.4 Å². The Bertz CT molecular complexity index is 1130. The number of nitrogens with one attached hydrogen (secondary N) is 2. The van der Waals surface area contributed by atoms with Crippen molar-refractivity contribution >= 4 is 33.2 Å². The average Bonchev–Trinajstić information content (AvgIpc) is 3.01. The zero-order valence-corrected chi connectivity index (χ0v) is 17.6. The third-order valence-electron chi connectivity index (χ3n) is 4.43. The predicted molar refractivity (Wildman–Crippen MR) is 112 cm³/mol. The number of carbonyl (C=O) groups is 2. The van der Waals surface area contributed by atoms with Crippen LogP contribution in [0.4, 0.5) is 11.4 Å². The topological polar surface area (TPSA) is 134 Å². The van der Waals surface area contributed by atoms with Gasteiger partial charge in [0.2, 0.25) is 0 Å². The number of amides is 2. The van der Waals surface area contributed by atoms with Gasteiger partial charge in [0, 0.05) is 17.8 Å². The van der Waals surface area contributed by atoms with Crippen LogP contribution in [0.15, 0.2) is 59.1 Å². The number of hydrogen-bond donors (Lipinski definition) is 3. The lowest BCUT2D eigenvalue weighted by Gasteiger charge is -2.14. The van der Waals surface area contributed by atoms with Crippen molar-refractivity contribution in [3.05, 3.63) is 54.2 Å². The number of rotatable bonds is 9. The second-order valence-electron chi connectivity index (χ2n) is 6.40. The molecule has 11 heteroatoms. The molecule has 0 radical (unpaired) electrons. The van der Waals surface area contributed by atoms with Gasteiger partial charge in [-0.05, 0) is 36.4 Å². The van der Waals surface area contributed by atoms with Gasteiger partial charge in [-0.1, -0.05) is 0 Å². The van der Waals surface area contributed by atoms with Gasteiger partial charge in [0.1, 0.15) is 17.2 Å². The highest BCUT2D eigenvalue weighted by Gasteiger charge is 2.30. The van der Waals surface area contributed by atoms with E-state index in [1.807, 2.05) is 0 Å². The number of carbonyl (C=O) groups excluding carboxylic acids is 2. The summed E-state index contributed by atoms with van der Waals surface area (Å²) in [6.45, 7) is -0.438. The van der Waals surface area contributed by atoms with Gasteiger partial charge in [-0.2, -0.15) is 0 Å². The number of methoxy groups -OCH3 is 2. The Hall–Kier alpha value is -3.57. The first-order chi connectivity index (χ1) is 14.8. The van der Waals surface area contributed by atoms with Crippen LogP contribution in [0, 0.1) is 0 Å². The lowest BCUT2D eigenvalue weighted by atomic mass is 10.3. The van der Waals surface area contributed by atoms with Crippen LogP contribution in [0.1, 0.15) is 0 Å². The van der Waals surface area contributed by atoms with Crippen LogP contribution < -0.4 is 19.5 Å². The molecule has 0 atom stereocenters. The van der Waals surface area contributed by atoms with Gasteiger partial charge in [0.15, 0.2) is 0 Å². The number of imide groups is 1. The summed E-state index contributed by atoms with van der Waals surface area (Å²) in [5.41, 5.74) is 0.665. The number of nitrogens with zero attached hydrogens (tertiary/aromatic N) is 1. The van der Waals surface area contributed by atoms with Gasteiger partial charge in [-0.25, -0.2) is 8.42 Å². The average molecular weight is 447 g/mol. The molecule has 0 aromatic heterocycles. The minimum atomic E-state index is -3.94. The van der Waals surface area contributed by atoms with Crippen LogP contribution >= 0.6 is 0 Å². The second-order valence-corrected chi connectivity index (χ2v) is 8.08. The zero-order valence-electron chi connectivity index (χ0n) is 16.8. The maximum atomic E-state index is 12.8. The molecular weight excluding hydrogens is 426 g/mol. The molecule has 164 valence electrons. The van der Waals surface area contributed by atoms with Crippen molar-refractivity contribution < 1.29 is 32.6 Å². The van der Waals surface area contributed by atoms with Crippen LogP contribution in [0.2, 0.25) is 0 Å². The first-order valence-electron chi connectivity index (χ1n) is 9.09. The van der Waals surface area contributed by atoms with Crippen molar-refractivity contribution in [2.75, 3.05) is 37.4 Å². The lowest BCUT2D eigenvalue weighted by molar-refractivity contribution is -0.137. The number of anilines is 2. The Morgan fingerprint density at radius 2 is 1.74 bits per heavy atom. The van der Waals surface area contributed by atoms with Crippen molar-refractivity contribution in [2.45, 2.75) is 4.90 Å². The van der Waals surface area contributed by atoms with Gasteiger partial charge < -0.3 is 19.9 Å². The van der Waals surface area contributed by atoms with Crippen LogP contribution in [-0.4, -0.2) is 57.6 Å². The van der Waals surface area contributed by atoms with Gasteiger partial charge in [-0.3, -0.25) is 19.2 Å². The number of ether oxygens (including phenoxy) is 2. The highest BCUT2D eigenvalue weighted by molar-refractivity contribution is 7.92. The van der Waals surface area contributed by atoms with E-state index in [2.05, 4.69) is 10.0 Å². The third-order valence-corrected chi connectivity index (χ3v) is 5.81. The van der Waals surface area contributed by atoms with Gasteiger partial charge in [0.05, 0.1) is 38.0 Å². The highest BCUT2D eigenvalue weighted by Crippen LogP contribution is 2.31. The Labute approximate surface area is 179 Å². The first kappa shape index (κ1) is 22.1. The van der Waals surface area contributed by atoms with Crippen molar-refractivity contribution in [3.8, 4) is 11.5 Å². The Morgan fingerprint density at radius 3 is 2.35 bits per heavy atom. The van der Waals surface area contributed by atoms with Crippen LogP contribution in [0.5, 0.6) is 11.5 Å². The van der Waals surface area contributed by atoms with E-state index in [4.69, 9.17) is 14.6 Å². The molecule has 10 nitrogen and oxygen atoms in total. The smallest absolute Gasteiger partial charge is 0.277 e. The molecule has 3 N–H and O–H groups in total. The predicted octanol–water partition coefficient (Wildman–Crippen LogP) is 1.16. The molecule has 0 spiro atoms. The SMILES string of the molecule is COc1ccc(OC)c(NS(=O)(=O)c2ccc(NC3=CC(=O)N(CCO)C3=O)cc2)c1. The normalized spacial score (nSPS) is 13.8. The molecule has 2 amide bonds. The van der Waals surface area contributed by atoms with Gasteiger partial charge >= 0.3 is 0 Å². The molecular formula is C20H21N3O7S. The minimum absolute atomic E-state index is 0.0207. The standard InChI is InChI=1S/C20H21N3O7S/c1-29-14-5-8-18(30-2)16(11-14)22-31(27,28)15-6-3-13(4-7-15)21-17-12-19(25)23(9-10-24)20(17)26/h3-8,11-12,21-22,24H,9-10H2,1-2H3. The minimum Gasteiger partial charge on any atom is -0.497 e. The summed E-state index contributed by atoms with van der Waals surface area (Å²) in [5, 5.41) is 11.7. The van der Waals surface area contributed by atoms with Crippen LogP contribution in [0.3, 0.4) is 0 Å². The van der Waals surface area contributed by atoms with Gasteiger partial charge in [0.25, 0.3) is 21.8 Å². The number of sulfonamides is 1. The fourth-order valence-corrected chi connectivity index (χ4v) is 3.94. The molecule has 1 aliphatic rings. The Morgan fingerprint density at radius 1 is 1.03 bits per heavy atom. The summed E-state index contributed by atoms with van der Waals surface area (Å²) in [6, 6.07) is 10.4. The maximum Gasteiger partial charge on any atom is 0.277 e. The van der Waals surface area contributed by atoms with Crippen molar-refractivity contribution in [1.82, 2.24) is 4.90 Å². The molecule has 0 saturated heterocycles. The first-order valence-corrected chi connectivity index (χ1v) is 10.6. The van der Waals surface area contributed by atoms with Crippen LogP contribution in [-0.2, 0) is 19.6 Å². The summed E-state index contributed by atoms with van der Waals surface area (Å²) < 4.78 is 38.3. The van der Waals surface area contributed by atoms with E-state index >= 15 is 0 Å². The zero-order chi connectivity index (χ0) is 22.6. The van der Waals surface area contributed by atoms with E-state index in [0.717, 1.165) is 11.0 Å². The number of aliphatic hydroxyl groups excluding tert-OH is 1. The fourth-order valence-electron chi connectivity index (χ4n) is 2.88. The molecule has 2 aromatic rings. The van der Waals surface area contributed by atoms with E-state index in [0.29, 0.717) is 17.2 Å². The Kier molecular flexibility index (Phi) is 6.47. The third kappa shape index (κ3) is 4.78. The summed E-state index contributed by atoms with van der Waals surface area (Å²) >= 11 is 0. The number of β-amino-alcohol motifs (C(OH)–C–C–N with tert-alkyl or cyclic N) is 1. The van der Waals surface area contributed by atoms with Crippen molar-refractivity contribution in [3.63, 3.8) is 0 Å². The lowest BCUT2D eigenvalue weighted by Crippen LogP contribution is -2.34. The van der Waals surface area contributed by atoms with Gasteiger partial charge in [-0.15, -0.1) is 0 Å². The monoisotopic (exact) mass is 447 g/mol. The largest absolute Gasteiger partial charge is 0.497 e. The highest BCUT2D eigenvalue weighted by atomic mass is 32.2. The molecule has 3 rings (SSSR count). The summed E-state index contributed by atoms with van der Waals surface area (Å²) in [5.74, 6) is -0.316. The molecule has 0 fully saturated rings. The summed E-state index contributed by atoms with van der Waals surface area (Å²) in [4.78, 5) is 24.9. The molecule has 0 bridgehead atoms. The molecule has 0 saturated carbocycles. The number of benzene rings is 2. The molecule has 0 aliphatic carbocycles. The maximum absolute atomic E-state index is 12.8. The summed E-state index contributed by atoms with van der Waals surface area (Å²) in [7, 11) is -1.05. The van der Waals surface area contributed by atoms with E-state index in [1.165, 1.54) is 44.6 Å². The van der Waals surface area contributed by atoms with Crippen molar-refractivity contribution in [2.24, 2.45) is 0 Å². The Balaban J connectivity index is 1.76. The summed E-state index contributed by atoms with van der Waals surface area (Å²) in [6.07, 6.45) is 1.12. The molecule has 0 unspecified atom stereocenters. The molecule has 31 heavy (non-hydrogen) atoms. The number of aliphatic hydroxyl groups is 1. The quantitative estimate of drug-likeness (QED) is 0.488. The van der Waals surface area contributed by atoms with E-state index < -0.39 is 21.8 Å². The van der Waals surface area contributed by atoms with E-state index in [9.17, 15) is 18.0 Å².